The summed E-state index contributed by atoms with van der Waals surface area (Å²) in [5.41, 5.74) is 1.28. The highest BCUT2D eigenvalue weighted by molar-refractivity contribution is 5.56. The van der Waals surface area contributed by atoms with Crippen LogP contribution in [-0.2, 0) is 0 Å². The monoisotopic (exact) mass is 312 g/mol. The Kier molecular flexibility index (Phi) is 26.7. The first-order chi connectivity index (χ1) is 10.1. The van der Waals surface area contributed by atoms with Gasteiger partial charge >= 0.3 is 0 Å². The Hall–Kier alpha value is -0.790. The SMILES string of the molecule is C.C/C=C(/CCCCC(C)C)NC=NC.CCCCCCC. The highest BCUT2D eigenvalue weighted by Crippen LogP contribution is 2.10. The van der Waals surface area contributed by atoms with Gasteiger partial charge in [0, 0.05) is 12.7 Å². The van der Waals surface area contributed by atoms with Crippen LogP contribution >= 0.6 is 0 Å². The molecule has 0 fully saturated rings. The van der Waals surface area contributed by atoms with Crippen LogP contribution in [0, 0.1) is 5.92 Å². The number of hydrogen-bond acceptors (Lipinski definition) is 1. The van der Waals surface area contributed by atoms with Crippen LogP contribution in [0.3, 0.4) is 0 Å². The molecule has 0 heterocycles. The summed E-state index contributed by atoms with van der Waals surface area (Å²) in [6.07, 6.45) is 15.9. The molecular formula is C20H44N2. The molecule has 0 aromatic rings. The molecule has 2 heteroatoms. The van der Waals surface area contributed by atoms with Crippen molar-refractivity contribution in [2.45, 2.75) is 99.8 Å². The van der Waals surface area contributed by atoms with E-state index in [4.69, 9.17) is 0 Å². The van der Waals surface area contributed by atoms with Gasteiger partial charge in [0.15, 0.2) is 0 Å². The van der Waals surface area contributed by atoms with E-state index in [-0.39, 0.29) is 7.43 Å². The lowest BCUT2D eigenvalue weighted by molar-refractivity contribution is 0.535. The van der Waals surface area contributed by atoms with Crippen LogP contribution in [0.25, 0.3) is 0 Å². The summed E-state index contributed by atoms with van der Waals surface area (Å²) in [4.78, 5) is 3.90. The molecule has 0 aromatic carbocycles. The van der Waals surface area contributed by atoms with E-state index in [1.165, 1.54) is 57.1 Å². The number of allylic oxidation sites excluding steroid dienone is 2. The lowest BCUT2D eigenvalue weighted by Gasteiger charge is -2.07. The van der Waals surface area contributed by atoms with Gasteiger partial charge in [0.2, 0.25) is 0 Å². The molecule has 134 valence electrons. The molecule has 2 nitrogen and oxygen atoms in total. The van der Waals surface area contributed by atoms with Crippen molar-refractivity contribution in [3.63, 3.8) is 0 Å². The molecule has 0 saturated heterocycles. The Bertz CT molecular complexity index is 238. The van der Waals surface area contributed by atoms with Crippen LogP contribution in [0.1, 0.15) is 99.8 Å². The van der Waals surface area contributed by atoms with Crippen LogP contribution in [0.5, 0.6) is 0 Å². The van der Waals surface area contributed by atoms with E-state index in [9.17, 15) is 0 Å². The van der Waals surface area contributed by atoms with E-state index < -0.39 is 0 Å². The van der Waals surface area contributed by atoms with Gasteiger partial charge < -0.3 is 5.32 Å². The Morgan fingerprint density at radius 2 is 1.59 bits per heavy atom. The van der Waals surface area contributed by atoms with Gasteiger partial charge in [0.05, 0.1) is 6.34 Å². The quantitative estimate of drug-likeness (QED) is 0.249. The first kappa shape index (κ1) is 26.1. The van der Waals surface area contributed by atoms with Gasteiger partial charge in [0.25, 0.3) is 0 Å². The Labute approximate surface area is 141 Å². The van der Waals surface area contributed by atoms with Gasteiger partial charge in [-0.25, -0.2) is 0 Å². The van der Waals surface area contributed by atoms with Gasteiger partial charge in [-0.3, -0.25) is 4.99 Å². The number of hydrogen-bond donors (Lipinski definition) is 1. The summed E-state index contributed by atoms with van der Waals surface area (Å²) < 4.78 is 0. The van der Waals surface area contributed by atoms with Crippen molar-refractivity contribution in [2.24, 2.45) is 10.9 Å². The van der Waals surface area contributed by atoms with E-state index in [1.807, 2.05) is 0 Å². The second-order valence-corrected chi connectivity index (χ2v) is 6.05. The predicted molar refractivity (Wildman–Crippen MR) is 106 cm³/mol. The van der Waals surface area contributed by atoms with Crippen molar-refractivity contribution in [1.29, 1.82) is 0 Å². The van der Waals surface area contributed by atoms with Crippen molar-refractivity contribution in [2.75, 3.05) is 7.05 Å². The minimum Gasteiger partial charge on any atom is -0.351 e. The summed E-state index contributed by atoms with van der Waals surface area (Å²) >= 11 is 0. The molecule has 22 heavy (non-hydrogen) atoms. The standard InChI is InChI=1S/C12H24N2.C7H16.CH4/c1-5-12(14-10-13-4)9-7-6-8-11(2)3;1-3-5-7-6-4-2;/h5,10-11H,6-9H2,1-4H3,(H,13,14);3-7H2,1-2H3;1H4/b12-5-;;. The molecule has 0 amide bonds. The molecule has 0 aliphatic carbocycles. The smallest absolute Gasteiger partial charge is 0.0861 e. The minimum atomic E-state index is 0. The van der Waals surface area contributed by atoms with Gasteiger partial charge in [-0.2, -0.15) is 0 Å². The van der Waals surface area contributed by atoms with Crippen LogP contribution in [0.4, 0.5) is 0 Å². The first-order valence-corrected chi connectivity index (χ1v) is 8.94. The van der Waals surface area contributed by atoms with Crippen molar-refractivity contribution in [1.82, 2.24) is 5.32 Å². The van der Waals surface area contributed by atoms with Crippen molar-refractivity contribution < 1.29 is 0 Å². The van der Waals surface area contributed by atoms with Gasteiger partial charge in [0.1, 0.15) is 0 Å². The van der Waals surface area contributed by atoms with Crippen LogP contribution in [-0.4, -0.2) is 13.4 Å². The number of unbranched alkanes of at least 4 members (excludes halogenated alkanes) is 5. The third-order valence-electron chi connectivity index (χ3n) is 3.41. The zero-order valence-corrected chi connectivity index (χ0v) is 15.5. The number of nitrogens with zero attached hydrogens (tertiary/aromatic N) is 1. The fourth-order valence-corrected chi connectivity index (χ4v) is 1.99. The molecule has 0 atom stereocenters. The minimum absolute atomic E-state index is 0. The summed E-state index contributed by atoms with van der Waals surface area (Å²) in [6, 6.07) is 0. The maximum atomic E-state index is 3.90. The van der Waals surface area contributed by atoms with E-state index in [2.05, 4.69) is 51.0 Å². The normalized spacial score (nSPS) is 11.1. The molecule has 0 radical (unpaired) electrons. The molecule has 0 aromatic heterocycles. The number of nitrogens with one attached hydrogen (secondary N) is 1. The highest BCUT2D eigenvalue weighted by atomic mass is 14.9. The predicted octanol–water partition coefficient (Wildman–Crippen LogP) is 6.97. The van der Waals surface area contributed by atoms with Crippen LogP contribution in [0.15, 0.2) is 16.8 Å². The Morgan fingerprint density at radius 1 is 1.00 bits per heavy atom. The topological polar surface area (TPSA) is 24.4 Å². The average molecular weight is 313 g/mol. The Morgan fingerprint density at radius 3 is 2.00 bits per heavy atom. The van der Waals surface area contributed by atoms with Crippen LogP contribution < -0.4 is 5.32 Å². The fourth-order valence-electron chi connectivity index (χ4n) is 1.99. The second kappa shape index (κ2) is 22.5. The third kappa shape index (κ3) is 24.2. The highest BCUT2D eigenvalue weighted by Gasteiger charge is 1.96. The maximum absolute atomic E-state index is 3.90. The molecule has 1 N–H and O–H groups in total. The lowest BCUT2D eigenvalue weighted by Crippen LogP contribution is -2.10. The van der Waals surface area contributed by atoms with Crippen molar-refractivity contribution in [3.05, 3.63) is 11.8 Å². The zero-order chi connectivity index (χ0) is 16.3. The van der Waals surface area contributed by atoms with E-state index >= 15 is 0 Å². The van der Waals surface area contributed by atoms with Gasteiger partial charge in [-0.15, -0.1) is 0 Å². The average Bonchev–Trinajstić information content (AvgIpc) is 2.47. The third-order valence-corrected chi connectivity index (χ3v) is 3.41. The van der Waals surface area contributed by atoms with Crippen molar-refractivity contribution in [3.8, 4) is 0 Å². The van der Waals surface area contributed by atoms with Crippen LogP contribution in [0.2, 0.25) is 0 Å². The summed E-state index contributed by atoms with van der Waals surface area (Å²) in [5.74, 6) is 0.828. The largest absolute Gasteiger partial charge is 0.351 e. The zero-order valence-electron chi connectivity index (χ0n) is 15.5. The summed E-state index contributed by atoms with van der Waals surface area (Å²) in [5, 5.41) is 3.18. The van der Waals surface area contributed by atoms with E-state index in [0.717, 1.165) is 12.3 Å². The Balaban J connectivity index is -0.000000385. The molecule has 0 aliphatic heterocycles. The molecular weight excluding hydrogens is 268 g/mol. The second-order valence-electron chi connectivity index (χ2n) is 6.05. The van der Waals surface area contributed by atoms with Crippen molar-refractivity contribution >= 4 is 6.34 Å². The summed E-state index contributed by atoms with van der Waals surface area (Å²) in [6.45, 7) is 11.1. The van der Waals surface area contributed by atoms with E-state index in [0.29, 0.717) is 0 Å². The fraction of sp³-hybridized carbons (Fsp3) is 0.850. The molecule has 0 spiro atoms. The molecule has 0 bridgehead atoms. The molecule has 0 saturated carbocycles. The number of rotatable bonds is 11. The molecule has 0 aliphatic rings. The van der Waals surface area contributed by atoms with E-state index in [1.54, 1.807) is 13.4 Å². The maximum Gasteiger partial charge on any atom is 0.0861 e. The molecule has 0 unspecified atom stereocenters. The summed E-state index contributed by atoms with van der Waals surface area (Å²) in [7, 11) is 1.78. The molecule has 0 rings (SSSR count). The van der Waals surface area contributed by atoms with Gasteiger partial charge in [-0.1, -0.05) is 86.1 Å². The number of aliphatic imine (C=N–C) groups is 1. The van der Waals surface area contributed by atoms with Gasteiger partial charge in [-0.05, 0) is 25.7 Å². The lowest BCUT2D eigenvalue weighted by atomic mass is 10.0. The first-order valence-electron chi connectivity index (χ1n) is 8.94.